The van der Waals surface area contributed by atoms with Gasteiger partial charge in [0.05, 0.1) is 5.38 Å². The number of benzene rings is 2. The predicted octanol–water partition coefficient (Wildman–Crippen LogP) is 6.02. The zero-order valence-corrected chi connectivity index (χ0v) is 13.0. The summed E-state index contributed by atoms with van der Waals surface area (Å²) in [4.78, 5) is 0. The van der Waals surface area contributed by atoms with Crippen LogP contribution in [0.15, 0.2) is 34.8 Å². The summed E-state index contributed by atoms with van der Waals surface area (Å²) < 4.78 is 28.1. The van der Waals surface area contributed by atoms with Gasteiger partial charge in [0.2, 0.25) is 0 Å². The molecule has 0 N–H and O–H groups in total. The standard InChI is InChI=1S/C14H9BrCl2F2/c1-7-2-13(19)11(6-12(7)18)14(17)8-3-9(15)5-10(16)4-8/h2-6,14H,1H3. The van der Waals surface area contributed by atoms with Crippen molar-refractivity contribution in [2.24, 2.45) is 0 Å². The number of rotatable bonds is 2. The molecule has 0 aliphatic rings. The molecule has 100 valence electrons. The lowest BCUT2D eigenvalue weighted by molar-refractivity contribution is 0.580. The molecule has 0 aliphatic carbocycles. The molecule has 1 atom stereocenters. The van der Waals surface area contributed by atoms with E-state index in [1.165, 1.54) is 6.92 Å². The zero-order valence-electron chi connectivity index (χ0n) is 9.85. The van der Waals surface area contributed by atoms with Gasteiger partial charge >= 0.3 is 0 Å². The molecule has 2 aromatic carbocycles. The summed E-state index contributed by atoms with van der Waals surface area (Å²) in [6.45, 7) is 1.50. The van der Waals surface area contributed by atoms with E-state index in [1.54, 1.807) is 18.2 Å². The largest absolute Gasteiger partial charge is 0.207 e. The van der Waals surface area contributed by atoms with Crippen LogP contribution in [0.3, 0.4) is 0 Å². The van der Waals surface area contributed by atoms with Crippen LogP contribution in [-0.2, 0) is 0 Å². The van der Waals surface area contributed by atoms with E-state index in [-0.39, 0.29) is 11.1 Å². The van der Waals surface area contributed by atoms with Crippen LogP contribution in [-0.4, -0.2) is 0 Å². The molecule has 2 rings (SSSR count). The molecule has 0 heterocycles. The average Bonchev–Trinajstić information content (AvgIpc) is 2.31. The Morgan fingerprint density at radius 3 is 2.37 bits per heavy atom. The third kappa shape index (κ3) is 3.28. The molecule has 0 fully saturated rings. The van der Waals surface area contributed by atoms with Gasteiger partial charge in [-0.25, -0.2) is 8.78 Å². The van der Waals surface area contributed by atoms with Crippen LogP contribution in [0.2, 0.25) is 5.02 Å². The zero-order chi connectivity index (χ0) is 14.2. The lowest BCUT2D eigenvalue weighted by Gasteiger charge is -2.13. The second-order valence-corrected chi connectivity index (χ2v) is 5.98. The second kappa shape index (κ2) is 5.78. The Morgan fingerprint density at radius 1 is 1.05 bits per heavy atom. The van der Waals surface area contributed by atoms with Crippen LogP contribution in [0.5, 0.6) is 0 Å². The van der Waals surface area contributed by atoms with Gasteiger partial charge in [-0.2, -0.15) is 0 Å². The van der Waals surface area contributed by atoms with Gasteiger partial charge in [0.25, 0.3) is 0 Å². The van der Waals surface area contributed by atoms with Gasteiger partial charge in [-0.3, -0.25) is 0 Å². The van der Waals surface area contributed by atoms with Crippen molar-refractivity contribution in [1.29, 1.82) is 0 Å². The third-order valence-electron chi connectivity index (χ3n) is 2.73. The molecule has 0 aromatic heterocycles. The Labute approximate surface area is 128 Å². The van der Waals surface area contributed by atoms with Gasteiger partial charge in [0.1, 0.15) is 11.6 Å². The fourth-order valence-electron chi connectivity index (χ4n) is 1.76. The summed E-state index contributed by atoms with van der Waals surface area (Å²) in [6.07, 6.45) is 0. The van der Waals surface area contributed by atoms with Crippen molar-refractivity contribution in [2.75, 3.05) is 0 Å². The van der Waals surface area contributed by atoms with Gasteiger partial charge in [0, 0.05) is 15.1 Å². The first-order valence-corrected chi connectivity index (χ1v) is 7.05. The molecule has 0 nitrogen and oxygen atoms in total. The van der Waals surface area contributed by atoms with Crippen LogP contribution in [0.1, 0.15) is 22.1 Å². The molecule has 0 aliphatic heterocycles. The fourth-order valence-corrected chi connectivity index (χ4v) is 2.94. The number of aryl methyl sites for hydroxylation is 1. The summed E-state index contributed by atoms with van der Waals surface area (Å²) in [5.74, 6) is -1.02. The van der Waals surface area contributed by atoms with Crippen molar-refractivity contribution < 1.29 is 8.78 Å². The van der Waals surface area contributed by atoms with Gasteiger partial charge in [0.15, 0.2) is 0 Å². The minimum Gasteiger partial charge on any atom is -0.207 e. The first-order chi connectivity index (χ1) is 8.88. The maximum absolute atomic E-state index is 13.9. The summed E-state index contributed by atoms with van der Waals surface area (Å²) in [5, 5.41) is -0.326. The summed E-state index contributed by atoms with van der Waals surface area (Å²) in [6, 6.07) is 7.31. The van der Waals surface area contributed by atoms with Gasteiger partial charge in [-0.1, -0.05) is 27.5 Å². The van der Waals surface area contributed by atoms with Crippen molar-refractivity contribution in [1.82, 2.24) is 0 Å². The van der Waals surface area contributed by atoms with Gasteiger partial charge < -0.3 is 0 Å². The normalized spacial score (nSPS) is 12.5. The molecule has 0 saturated carbocycles. The van der Waals surface area contributed by atoms with E-state index in [0.29, 0.717) is 10.6 Å². The maximum atomic E-state index is 13.9. The first-order valence-electron chi connectivity index (χ1n) is 5.44. The summed E-state index contributed by atoms with van der Waals surface area (Å²) >= 11 is 15.4. The summed E-state index contributed by atoms with van der Waals surface area (Å²) in [7, 11) is 0. The molecule has 0 amide bonds. The highest BCUT2D eigenvalue weighted by atomic mass is 79.9. The molecular weight excluding hydrogens is 357 g/mol. The SMILES string of the molecule is Cc1cc(F)c(C(Cl)c2cc(Cl)cc(Br)c2)cc1F. The first kappa shape index (κ1) is 14.8. The minimum atomic E-state index is -0.801. The lowest BCUT2D eigenvalue weighted by Crippen LogP contribution is -2.00. The molecule has 5 heteroatoms. The fraction of sp³-hybridized carbons (Fsp3) is 0.143. The van der Waals surface area contributed by atoms with E-state index in [2.05, 4.69) is 15.9 Å². The lowest BCUT2D eigenvalue weighted by atomic mass is 10.0. The Bertz CT molecular complexity index is 609. The van der Waals surface area contributed by atoms with Crippen LogP contribution < -0.4 is 0 Å². The highest BCUT2D eigenvalue weighted by Gasteiger charge is 2.18. The van der Waals surface area contributed by atoms with E-state index < -0.39 is 17.0 Å². The van der Waals surface area contributed by atoms with Gasteiger partial charge in [-0.05, 0) is 48.4 Å². The molecule has 0 saturated heterocycles. The number of alkyl halides is 1. The van der Waals surface area contributed by atoms with Crippen molar-refractivity contribution in [3.05, 3.63) is 68.2 Å². The smallest absolute Gasteiger partial charge is 0.128 e. The Hall–Kier alpha value is -0.640. The van der Waals surface area contributed by atoms with E-state index in [0.717, 1.165) is 16.6 Å². The Kier molecular flexibility index (Phi) is 4.49. The number of hydrogen-bond donors (Lipinski definition) is 0. The van der Waals surface area contributed by atoms with Crippen LogP contribution in [0.4, 0.5) is 8.78 Å². The number of halogens is 5. The summed E-state index contributed by atoms with van der Waals surface area (Å²) in [5.41, 5.74) is 0.944. The molecule has 0 bridgehead atoms. The topological polar surface area (TPSA) is 0 Å². The average molecular weight is 366 g/mol. The predicted molar refractivity (Wildman–Crippen MR) is 77.9 cm³/mol. The monoisotopic (exact) mass is 364 g/mol. The third-order valence-corrected chi connectivity index (χ3v) is 3.89. The van der Waals surface area contributed by atoms with Crippen LogP contribution in [0, 0.1) is 18.6 Å². The second-order valence-electron chi connectivity index (χ2n) is 4.19. The molecule has 0 spiro atoms. The van der Waals surface area contributed by atoms with E-state index >= 15 is 0 Å². The molecule has 0 radical (unpaired) electrons. The quantitative estimate of drug-likeness (QED) is 0.571. The van der Waals surface area contributed by atoms with Crippen molar-refractivity contribution in [2.45, 2.75) is 12.3 Å². The highest BCUT2D eigenvalue weighted by Crippen LogP contribution is 2.34. The molecule has 1 unspecified atom stereocenters. The van der Waals surface area contributed by atoms with Gasteiger partial charge in [-0.15, -0.1) is 11.6 Å². The molecule has 2 aromatic rings. The van der Waals surface area contributed by atoms with Crippen molar-refractivity contribution in [3.8, 4) is 0 Å². The van der Waals surface area contributed by atoms with E-state index in [1.807, 2.05) is 0 Å². The van der Waals surface area contributed by atoms with Crippen LogP contribution >= 0.6 is 39.1 Å². The highest BCUT2D eigenvalue weighted by molar-refractivity contribution is 9.10. The van der Waals surface area contributed by atoms with Crippen molar-refractivity contribution >= 4 is 39.1 Å². The van der Waals surface area contributed by atoms with E-state index in [4.69, 9.17) is 23.2 Å². The minimum absolute atomic E-state index is 0.0962. The van der Waals surface area contributed by atoms with Crippen LogP contribution in [0.25, 0.3) is 0 Å². The molecular formula is C14H9BrCl2F2. The van der Waals surface area contributed by atoms with E-state index in [9.17, 15) is 8.78 Å². The van der Waals surface area contributed by atoms with Crippen molar-refractivity contribution in [3.63, 3.8) is 0 Å². The Balaban J connectivity index is 2.49. The maximum Gasteiger partial charge on any atom is 0.128 e. The Morgan fingerprint density at radius 2 is 1.74 bits per heavy atom. The molecule has 19 heavy (non-hydrogen) atoms. The number of hydrogen-bond acceptors (Lipinski definition) is 0.